The Hall–Kier alpha value is -2.24. The highest BCUT2D eigenvalue weighted by Crippen LogP contribution is 2.28. The Balaban J connectivity index is 2.52. The lowest BCUT2D eigenvalue weighted by Gasteiger charge is -2.09. The second-order valence-corrected chi connectivity index (χ2v) is 3.90. The fraction of sp³-hybridized carbons (Fsp3) is 0.273. The van der Waals surface area contributed by atoms with Crippen molar-refractivity contribution in [2.75, 3.05) is 5.73 Å². The Morgan fingerprint density at radius 1 is 1.59 bits per heavy atom. The monoisotopic (exact) mass is 235 g/mol. The van der Waals surface area contributed by atoms with Crippen LogP contribution >= 0.6 is 0 Å². The highest BCUT2D eigenvalue weighted by atomic mass is 16.5. The van der Waals surface area contributed by atoms with E-state index in [9.17, 15) is 4.79 Å². The lowest BCUT2D eigenvalue weighted by atomic mass is 10.00. The van der Waals surface area contributed by atoms with Crippen LogP contribution in [-0.4, -0.2) is 16.4 Å². The van der Waals surface area contributed by atoms with E-state index in [4.69, 9.17) is 15.4 Å². The number of nitrogens with zero attached hydrogens (tertiary/aromatic N) is 1. The van der Waals surface area contributed by atoms with E-state index in [2.05, 4.69) is 10.5 Å². The molecule has 4 N–H and O–H groups in total. The van der Waals surface area contributed by atoms with Crippen LogP contribution < -0.4 is 11.1 Å². The number of aryl methyl sites for hydroxylation is 2. The van der Waals surface area contributed by atoms with Crippen molar-refractivity contribution >= 4 is 22.9 Å². The zero-order valence-electron chi connectivity index (χ0n) is 9.57. The summed E-state index contributed by atoms with van der Waals surface area (Å²) in [6.07, 6.45) is -1.05. The summed E-state index contributed by atoms with van der Waals surface area (Å²) in [4.78, 5) is 10.5. The zero-order valence-corrected chi connectivity index (χ0v) is 9.57. The maximum Gasteiger partial charge on any atom is 0.404 e. The topological polar surface area (TPSA) is 101 Å². The van der Waals surface area contributed by atoms with Gasteiger partial charge in [0, 0.05) is 12.1 Å². The van der Waals surface area contributed by atoms with Crippen LogP contribution in [0, 0.1) is 13.8 Å². The number of hydrogen-bond donors (Lipinski definition) is 3. The van der Waals surface area contributed by atoms with Gasteiger partial charge in [0.1, 0.15) is 0 Å². The van der Waals surface area contributed by atoms with E-state index in [1.807, 2.05) is 19.9 Å². The summed E-state index contributed by atoms with van der Waals surface area (Å²) in [5.74, 6) is 0.351. The molecule has 6 nitrogen and oxygen atoms in total. The number of aromatic nitrogens is 1. The van der Waals surface area contributed by atoms with Gasteiger partial charge >= 0.3 is 6.09 Å². The normalized spacial score (nSPS) is 10.7. The molecule has 0 aliphatic carbocycles. The van der Waals surface area contributed by atoms with Gasteiger partial charge < -0.3 is 20.7 Å². The van der Waals surface area contributed by atoms with Crippen LogP contribution in [0.15, 0.2) is 10.6 Å². The van der Waals surface area contributed by atoms with Gasteiger partial charge in [0.15, 0.2) is 11.4 Å². The summed E-state index contributed by atoms with van der Waals surface area (Å²) in [6.45, 7) is 4.00. The minimum Gasteiger partial charge on any atom is -0.465 e. The van der Waals surface area contributed by atoms with Crippen molar-refractivity contribution < 1.29 is 14.4 Å². The molecule has 1 aromatic heterocycles. The standard InChI is InChI=1S/C11H13N3O3/c1-5-3-7-9(17-14-10(7)12)6(2)8(5)4-13-11(15)16/h3,13H,4H2,1-2H3,(H2,12,14)(H,15,16). The molecule has 0 saturated heterocycles. The third-order valence-corrected chi connectivity index (χ3v) is 2.80. The quantitative estimate of drug-likeness (QED) is 0.736. The van der Waals surface area contributed by atoms with Gasteiger partial charge in [0.2, 0.25) is 0 Å². The second kappa shape index (κ2) is 3.97. The van der Waals surface area contributed by atoms with Crippen LogP contribution in [0.2, 0.25) is 0 Å². The average molecular weight is 235 g/mol. The lowest BCUT2D eigenvalue weighted by Crippen LogP contribution is -2.21. The predicted octanol–water partition coefficient (Wildman–Crippen LogP) is 1.79. The van der Waals surface area contributed by atoms with E-state index in [1.54, 1.807) is 0 Å². The number of carboxylic acid groups (broad SMARTS) is 1. The summed E-state index contributed by atoms with van der Waals surface area (Å²) in [5, 5.41) is 15.4. The number of nitrogens with one attached hydrogen (secondary N) is 1. The number of anilines is 1. The van der Waals surface area contributed by atoms with Crippen LogP contribution in [-0.2, 0) is 6.54 Å². The number of rotatable bonds is 2. The third-order valence-electron chi connectivity index (χ3n) is 2.80. The van der Waals surface area contributed by atoms with Gasteiger partial charge in [0.25, 0.3) is 0 Å². The molecule has 1 amide bonds. The molecule has 0 aliphatic heterocycles. The lowest BCUT2D eigenvalue weighted by molar-refractivity contribution is 0.194. The first-order valence-corrected chi connectivity index (χ1v) is 5.11. The number of amides is 1. The first-order chi connectivity index (χ1) is 8.00. The molecular weight excluding hydrogens is 222 g/mol. The summed E-state index contributed by atoms with van der Waals surface area (Å²) < 4.78 is 5.13. The number of nitrogen functional groups attached to an aromatic ring is 1. The van der Waals surface area contributed by atoms with Crippen LogP contribution in [0.5, 0.6) is 0 Å². The SMILES string of the molecule is Cc1cc2c(N)noc2c(C)c1CNC(=O)O. The van der Waals surface area contributed by atoms with Crippen molar-refractivity contribution in [3.05, 3.63) is 22.8 Å². The first-order valence-electron chi connectivity index (χ1n) is 5.11. The van der Waals surface area contributed by atoms with Gasteiger partial charge in [-0.1, -0.05) is 5.16 Å². The number of benzene rings is 1. The number of fused-ring (bicyclic) bond motifs is 1. The van der Waals surface area contributed by atoms with Crippen LogP contribution in [0.25, 0.3) is 11.0 Å². The molecule has 1 heterocycles. The van der Waals surface area contributed by atoms with Crippen molar-refractivity contribution in [3.63, 3.8) is 0 Å². The summed E-state index contributed by atoms with van der Waals surface area (Å²) >= 11 is 0. The second-order valence-electron chi connectivity index (χ2n) is 3.90. The first kappa shape index (κ1) is 11.3. The average Bonchev–Trinajstić information content (AvgIpc) is 2.60. The van der Waals surface area contributed by atoms with Gasteiger partial charge in [-0.3, -0.25) is 0 Å². The van der Waals surface area contributed by atoms with Crippen LogP contribution in [0.1, 0.15) is 16.7 Å². The van der Waals surface area contributed by atoms with E-state index < -0.39 is 6.09 Å². The molecule has 0 saturated carbocycles. The molecule has 2 rings (SSSR count). The number of nitrogens with two attached hydrogens (primary N) is 1. The van der Waals surface area contributed by atoms with Crippen molar-refractivity contribution in [1.82, 2.24) is 10.5 Å². The smallest absolute Gasteiger partial charge is 0.404 e. The maximum atomic E-state index is 10.5. The van der Waals surface area contributed by atoms with Gasteiger partial charge in [-0.2, -0.15) is 0 Å². The zero-order chi connectivity index (χ0) is 12.6. The minimum atomic E-state index is -1.05. The Morgan fingerprint density at radius 3 is 2.94 bits per heavy atom. The summed E-state index contributed by atoms with van der Waals surface area (Å²) in [6, 6.07) is 1.85. The molecule has 0 aliphatic rings. The fourth-order valence-electron chi connectivity index (χ4n) is 1.89. The van der Waals surface area contributed by atoms with Gasteiger partial charge in [-0.15, -0.1) is 0 Å². The maximum absolute atomic E-state index is 10.5. The Bertz CT molecular complexity index is 589. The number of hydrogen-bond acceptors (Lipinski definition) is 4. The largest absolute Gasteiger partial charge is 0.465 e. The summed E-state index contributed by atoms with van der Waals surface area (Å²) in [5.41, 5.74) is 8.98. The number of carbonyl (C=O) groups is 1. The van der Waals surface area contributed by atoms with Gasteiger partial charge in [0.05, 0.1) is 5.39 Å². The molecular formula is C11H13N3O3. The van der Waals surface area contributed by atoms with Crippen molar-refractivity contribution in [3.8, 4) is 0 Å². The van der Waals surface area contributed by atoms with Crippen LogP contribution in [0.4, 0.5) is 10.6 Å². The molecule has 1 aromatic carbocycles. The van der Waals surface area contributed by atoms with Gasteiger partial charge in [-0.05, 0) is 31.0 Å². The molecule has 90 valence electrons. The molecule has 0 radical (unpaired) electrons. The van der Waals surface area contributed by atoms with Crippen molar-refractivity contribution in [2.24, 2.45) is 0 Å². The highest BCUT2D eigenvalue weighted by Gasteiger charge is 2.14. The molecule has 0 spiro atoms. The van der Waals surface area contributed by atoms with Crippen molar-refractivity contribution in [1.29, 1.82) is 0 Å². The van der Waals surface area contributed by atoms with E-state index in [1.165, 1.54) is 0 Å². The minimum absolute atomic E-state index is 0.240. The van der Waals surface area contributed by atoms with E-state index in [-0.39, 0.29) is 6.54 Å². The fourth-order valence-corrected chi connectivity index (χ4v) is 1.89. The highest BCUT2D eigenvalue weighted by molar-refractivity contribution is 5.90. The Labute approximate surface area is 97.4 Å². The van der Waals surface area contributed by atoms with Crippen LogP contribution in [0.3, 0.4) is 0 Å². The van der Waals surface area contributed by atoms with E-state index in [0.29, 0.717) is 11.4 Å². The molecule has 0 unspecified atom stereocenters. The predicted molar refractivity (Wildman–Crippen MR) is 62.8 cm³/mol. The molecule has 0 fully saturated rings. The van der Waals surface area contributed by atoms with Gasteiger partial charge in [-0.25, -0.2) is 4.79 Å². The van der Waals surface area contributed by atoms with E-state index in [0.717, 1.165) is 22.1 Å². The van der Waals surface area contributed by atoms with E-state index >= 15 is 0 Å². The molecule has 0 atom stereocenters. The molecule has 17 heavy (non-hydrogen) atoms. The molecule has 2 aromatic rings. The van der Waals surface area contributed by atoms with Crippen molar-refractivity contribution in [2.45, 2.75) is 20.4 Å². The summed E-state index contributed by atoms with van der Waals surface area (Å²) in [7, 11) is 0. The molecule has 0 bridgehead atoms. The molecule has 6 heteroatoms. The Kier molecular flexibility index (Phi) is 2.63. The Morgan fingerprint density at radius 2 is 2.29 bits per heavy atom. The third kappa shape index (κ3) is 1.89.